The molecule has 0 spiro atoms. The summed E-state index contributed by atoms with van der Waals surface area (Å²) in [5.41, 5.74) is 5.85. The summed E-state index contributed by atoms with van der Waals surface area (Å²) in [6.07, 6.45) is 3.43. The molecule has 2 aliphatic rings. The van der Waals surface area contributed by atoms with Gasteiger partial charge in [0.1, 0.15) is 0 Å². The van der Waals surface area contributed by atoms with Crippen LogP contribution >= 0.6 is 11.3 Å². The van der Waals surface area contributed by atoms with E-state index in [0.29, 0.717) is 37.1 Å². The van der Waals surface area contributed by atoms with E-state index in [1.807, 2.05) is 5.38 Å². The summed E-state index contributed by atoms with van der Waals surface area (Å²) in [6, 6.07) is -0.358. The molecule has 22 heavy (non-hydrogen) atoms. The van der Waals surface area contributed by atoms with Gasteiger partial charge in [-0.2, -0.15) is 0 Å². The van der Waals surface area contributed by atoms with Crippen molar-refractivity contribution in [1.82, 2.24) is 10.3 Å². The van der Waals surface area contributed by atoms with Crippen LogP contribution in [0.3, 0.4) is 0 Å². The number of aromatic nitrogens is 1. The fourth-order valence-electron chi connectivity index (χ4n) is 2.57. The zero-order chi connectivity index (χ0) is 15.6. The Morgan fingerprint density at radius 1 is 1.41 bits per heavy atom. The molecule has 3 rings (SSSR count). The molecule has 8 heteroatoms. The first kappa shape index (κ1) is 15.2. The van der Waals surface area contributed by atoms with Crippen LogP contribution in [0, 0.1) is 5.41 Å². The van der Waals surface area contributed by atoms with Crippen molar-refractivity contribution < 1.29 is 14.3 Å². The molecule has 1 aliphatic carbocycles. The summed E-state index contributed by atoms with van der Waals surface area (Å²) in [7, 11) is 0. The molecule has 1 aromatic heterocycles. The largest absolute Gasteiger partial charge is 0.381 e. The number of anilines is 1. The van der Waals surface area contributed by atoms with Crippen molar-refractivity contribution in [2.75, 3.05) is 25.1 Å². The average molecular weight is 324 g/mol. The molecular formula is C14H20N4O3S. The minimum Gasteiger partial charge on any atom is -0.381 e. The van der Waals surface area contributed by atoms with Gasteiger partial charge in [-0.05, 0) is 25.7 Å². The number of amides is 3. The van der Waals surface area contributed by atoms with Gasteiger partial charge in [0, 0.05) is 31.1 Å². The van der Waals surface area contributed by atoms with Crippen LogP contribution in [0.1, 0.15) is 37.3 Å². The second kappa shape index (κ2) is 6.21. The molecule has 120 valence electrons. The zero-order valence-corrected chi connectivity index (χ0v) is 13.1. The van der Waals surface area contributed by atoms with Crippen LogP contribution in [0.2, 0.25) is 0 Å². The van der Waals surface area contributed by atoms with Crippen molar-refractivity contribution >= 4 is 28.4 Å². The molecule has 0 aromatic carbocycles. The number of hydrogen-bond donors (Lipinski definition) is 3. The van der Waals surface area contributed by atoms with Crippen molar-refractivity contribution in [2.45, 2.75) is 31.6 Å². The highest BCUT2D eigenvalue weighted by molar-refractivity contribution is 7.13. The lowest BCUT2D eigenvalue weighted by atomic mass is 9.79. The number of primary amides is 1. The van der Waals surface area contributed by atoms with E-state index >= 15 is 0 Å². The molecule has 1 aliphatic heterocycles. The number of nitrogens with zero attached hydrogens (tertiary/aromatic N) is 1. The van der Waals surface area contributed by atoms with Crippen LogP contribution in [-0.2, 0) is 9.53 Å². The van der Waals surface area contributed by atoms with E-state index in [9.17, 15) is 9.59 Å². The third-order valence-electron chi connectivity index (χ3n) is 4.30. The van der Waals surface area contributed by atoms with Gasteiger partial charge in [0.05, 0.1) is 11.1 Å². The van der Waals surface area contributed by atoms with Gasteiger partial charge in [0.25, 0.3) is 0 Å². The maximum absolute atomic E-state index is 12.0. The molecule has 1 saturated heterocycles. The molecule has 1 aromatic rings. The van der Waals surface area contributed by atoms with Crippen molar-refractivity contribution in [3.63, 3.8) is 0 Å². The highest BCUT2D eigenvalue weighted by Crippen LogP contribution is 2.40. The van der Waals surface area contributed by atoms with E-state index in [1.165, 1.54) is 24.2 Å². The highest BCUT2D eigenvalue weighted by atomic mass is 32.1. The Morgan fingerprint density at radius 2 is 2.14 bits per heavy atom. The second-order valence-electron chi connectivity index (χ2n) is 5.92. The van der Waals surface area contributed by atoms with Crippen molar-refractivity contribution in [3.8, 4) is 0 Å². The Bertz CT molecular complexity index is 564. The fourth-order valence-corrected chi connectivity index (χ4v) is 3.36. The third kappa shape index (κ3) is 3.38. The van der Waals surface area contributed by atoms with Crippen molar-refractivity contribution in [3.05, 3.63) is 11.1 Å². The van der Waals surface area contributed by atoms with E-state index in [-0.39, 0.29) is 18.5 Å². The van der Waals surface area contributed by atoms with E-state index < -0.39 is 5.41 Å². The summed E-state index contributed by atoms with van der Waals surface area (Å²) < 4.78 is 5.26. The lowest BCUT2D eigenvalue weighted by molar-refractivity contribution is -0.132. The lowest BCUT2D eigenvalue weighted by Gasteiger charge is -2.34. The Hall–Kier alpha value is -1.67. The van der Waals surface area contributed by atoms with Crippen LogP contribution in [-0.4, -0.2) is 36.7 Å². The van der Waals surface area contributed by atoms with Crippen LogP contribution in [0.4, 0.5) is 9.93 Å². The van der Waals surface area contributed by atoms with Crippen LogP contribution in [0.25, 0.3) is 0 Å². The predicted molar refractivity (Wildman–Crippen MR) is 82.8 cm³/mol. The van der Waals surface area contributed by atoms with Gasteiger partial charge in [0.15, 0.2) is 5.13 Å². The number of carbonyl (C=O) groups is 2. The molecule has 2 fully saturated rings. The first-order valence-corrected chi connectivity index (χ1v) is 8.35. The topological polar surface area (TPSA) is 106 Å². The minimum absolute atomic E-state index is 0.221. The maximum atomic E-state index is 12.0. The fraction of sp³-hybridized carbons (Fsp3) is 0.643. The summed E-state index contributed by atoms with van der Waals surface area (Å²) in [6.45, 7) is 1.20. The first-order chi connectivity index (χ1) is 10.6. The van der Waals surface area contributed by atoms with E-state index in [2.05, 4.69) is 15.6 Å². The Labute approximate surface area is 132 Å². The third-order valence-corrected chi connectivity index (χ3v) is 5.07. The number of carbonyl (C=O) groups excluding carboxylic acids is 2. The Balaban J connectivity index is 1.52. The highest BCUT2D eigenvalue weighted by Gasteiger charge is 2.38. The van der Waals surface area contributed by atoms with E-state index in [1.54, 1.807) is 0 Å². The molecule has 1 saturated carbocycles. The zero-order valence-electron chi connectivity index (χ0n) is 12.3. The van der Waals surface area contributed by atoms with Crippen molar-refractivity contribution in [2.24, 2.45) is 11.1 Å². The molecular weight excluding hydrogens is 304 g/mol. The monoisotopic (exact) mass is 324 g/mol. The summed E-state index contributed by atoms with van der Waals surface area (Å²) in [4.78, 5) is 28.1. The number of thiazole rings is 1. The first-order valence-electron chi connectivity index (χ1n) is 7.47. The number of ether oxygens (including phenoxy) is 1. The summed E-state index contributed by atoms with van der Waals surface area (Å²) >= 11 is 1.42. The SMILES string of the molecule is NC(=O)C1(CNC(=O)Nc2nc(C3CC3)cs2)CCOCC1. The lowest BCUT2D eigenvalue weighted by Crippen LogP contribution is -2.50. The van der Waals surface area contributed by atoms with Crippen LogP contribution in [0.15, 0.2) is 5.38 Å². The average Bonchev–Trinajstić information content (AvgIpc) is 3.26. The quantitative estimate of drug-likeness (QED) is 0.761. The maximum Gasteiger partial charge on any atom is 0.321 e. The van der Waals surface area contributed by atoms with Gasteiger partial charge < -0.3 is 15.8 Å². The van der Waals surface area contributed by atoms with E-state index in [0.717, 1.165) is 5.69 Å². The second-order valence-corrected chi connectivity index (χ2v) is 6.77. The summed E-state index contributed by atoms with van der Waals surface area (Å²) in [5, 5.41) is 8.02. The Kier molecular flexibility index (Phi) is 4.30. The number of rotatable bonds is 5. The summed E-state index contributed by atoms with van der Waals surface area (Å²) in [5.74, 6) is 0.177. The minimum atomic E-state index is -0.711. The predicted octanol–water partition coefficient (Wildman–Crippen LogP) is 1.42. The standard InChI is InChI=1S/C14H20N4O3S/c15-11(19)14(3-5-21-6-4-14)8-16-12(20)18-13-17-10(7-22-13)9-1-2-9/h7,9H,1-6,8H2,(H2,15,19)(H2,16,17,18,20). The van der Waals surface area contributed by atoms with Crippen LogP contribution < -0.4 is 16.4 Å². The smallest absolute Gasteiger partial charge is 0.321 e. The molecule has 0 radical (unpaired) electrons. The van der Waals surface area contributed by atoms with Crippen molar-refractivity contribution in [1.29, 1.82) is 0 Å². The Morgan fingerprint density at radius 3 is 2.77 bits per heavy atom. The number of nitrogens with one attached hydrogen (secondary N) is 2. The van der Waals surface area contributed by atoms with E-state index in [4.69, 9.17) is 10.5 Å². The molecule has 3 amide bonds. The van der Waals surface area contributed by atoms with Gasteiger partial charge in [-0.1, -0.05) is 0 Å². The molecule has 7 nitrogen and oxygen atoms in total. The molecule has 0 atom stereocenters. The molecule has 0 bridgehead atoms. The normalized spacial score (nSPS) is 20.4. The van der Waals surface area contributed by atoms with Gasteiger partial charge in [-0.15, -0.1) is 11.3 Å². The molecule has 2 heterocycles. The van der Waals surface area contributed by atoms with Gasteiger partial charge >= 0.3 is 6.03 Å². The molecule has 4 N–H and O–H groups in total. The van der Waals surface area contributed by atoms with Gasteiger partial charge in [-0.3, -0.25) is 10.1 Å². The van der Waals surface area contributed by atoms with Crippen LogP contribution in [0.5, 0.6) is 0 Å². The number of nitrogens with two attached hydrogens (primary N) is 1. The number of urea groups is 1. The van der Waals surface area contributed by atoms with Gasteiger partial charge in [-0.25, -0.2) is 9.78 Å². The van der Waals surface area contributed by atoms with Gasteiger partial charge in [0.2, 0.25) is 5.91 Å². The number of hydrogen-bond acceptors (Lipinski definition) is 5. The molecule has 0 unspecified atom stereocenters.